The first-order chi connectivity index (χ1) is 9.81. The quantitative estimate of drug-likeness (QED) is 0.866. The molecule has 0 bridgehead atoms. The average molecular weight is 290 g/mol. The molecule has 1 saturated heterocycles. The van der Waals surface area contributed by atoms with Gasteiger partial charge >= 0.3 is 6.01 Å². The van der Waals surface area contributed by atoms with Gasteiger partial charge in [0.1, 0.15) is 0 Å². The van der Waals surface area contributed by atoms with E-state index in [0.717, 1.165) is 30.4 Å². The van der Waals surface area contributed by atoms with Crippen molar-refractivity contribution in [3.63, 3.8) is 0 Å². The van der Waals surface area contributed by atoms with Crippen molar-refractivity contribution in [3.05, 3.63) is 40.7 Å². The first-order valence-electron chi connectivity index (χ1n) is 7.14. The molecule has 2 heterocycles. The van der Waals surface area contributed by atoms with Gasteiger partial charge in [0.05, 0.1) is 0 Å². The monoisotopic (exact) mass is 289 g/mol. The number of hydrogen-bond acceptors (Lipinski definition) is 4. The van der Waals surface area contributed by atoms with Crippen molar-refractivity contribution >= 4 is 17.6 Å². The van der Waals surface area contributed by atoms with Crippen LogP contribution in [0.1, 0.15) is 42.6 Å². The smallest absolute Gasteiger partial charge is 0.318 e. The van der Waals surface area contributed by atoms with E-state index in [0.29, 0.717) is 17.9 Å². The van der Waals surface area contributed by atoms with E-state index < -0.39 is 0 Å². The van der Waals surface area contributed by atoms with Crippen LogP contribution in [-0.2, 0) is 0 Å². The van der Waals surface area contributed by atoms with Crippen molar-refractivity contribution in [2.75, 3.05) is 18.0 Å². The number of hydrogen-bond donors (Lipinski definition) is 0. The third kappa shape index (κ3) is 2.18. The molecule has 1 atom stereocenters. The Morgan fingerprint density at radius 2 is 1.95 bits per heavy atom. The topological polar surface area (TPSA) is 42.2 Å². The van der Waals surface area contributed by atoms with E-state index in [4.69, 9.17) is 16.0 Å². The molecule has 1 saturated carbocycles. The molecule has 0 radical (unpaired) electrons. The Bertz CT molecular complexity index is 623. The molecule has 1 aromatic heterocycles. The van der Waals surface area contributed by atoms with Gasteiger partial charge in [-0.2, -0.15) is 0 Å². The molecule has 2 aliphatic rings. The Balaban J connectivity index is 1.51. The molecule has 0 unspecified atom stereocenters. The lowest BCUT2D eigenvalue weighted by Gasteiger charge is -2.14. The van der Waals surface area contributed by atoms with E-state index in [1.165, 1.54) is 18.4 Å². The Kier molecular flexibility index (Phi) is 2.91. The third-order valence-electron chi connectivity index (χ3n) is 4.16. The van der Waals surface area contributed by atoms with Crippen LogP contribution in [0.3, 0.4) is 0 Å². The molecule has 4 rings (SSSR count). The molecule has 20 heavy (non-hydrogen) atoms. The van der Waals surface area contributed by atoms with Gasteiger partial charge < -0.3 is 9.32 Å². The first kappa shape index (κ1) is 12.2. The summed E-state index contributed by atoms with van der Waals surface area (Å²) >= 11 is 6.28. The summed E-state index contributed by atoms with van der Waals surface area (Å²) in [5.74, 6) is 1.76. The second kappa shape index (κ2) is 4.77. The van der Waals surface area contributed by atoms with Gasteiger partial charge in [-0.3, -0.25) is 0 Å². The van der Waals surface area contributed by atoms with Crippen molar-refractivity contribution in [2.45, 2.75) is 31.1 Å². The van der Waals surface area contributed by atoms with Gasteiger partial charge in [0, 0.05) is 29.9 Å². The number of benzene rings is 1. The highest BCUT2D eigenvalue weighted by molar-refractivity contribution is 6.31. The van der Waals surface area contributed by atoms with Gasteiger partial charge in [0.2, 0.25) is 5.89 Å². The molecular formula is C15H16ClN3O. The summed E-state index contributed by atoms with van der Waals surface area (Å²) in [7, 11) is 0. The van der Waals surface area contributed by atoms with Crippen LogP contribution in [0.5, 0.6) is 0 Å². The highest BCUT2D eigenvalue weighted by atomic mass is 35.5. The van der Waals surface area contributed by atoms with Crippen LogP contribution in [0, 0.1) is 0 Å². The number of anilines is 1. The zero-order chi connectivity index (χ0) is 13.5. The number of halogens is 1. The molecule has 0 N–H and O–H groups in total. The molecule has 5 heteroatoms. The number of rotatable bonds is 3. The number of aromatic nitrogens is 2. The molecule has 4 nitrogen and oxygen atoms in total. The second-order valence-electron chi connectivity index (χ2n) is 5.65. The summed E-state index contributed by atoms with van der Waals surface area (Å²) in [5.41, 5.74) is 1.22. The van der Waals surface area contributed by atoms with Crippen molar-refractivity contribution in [3.8, 4) is 0 Å². The minimum atomic E-state index is 0.444. The molecule has 0 amide bonds. The van der Waals surface area contributed by atoms with E-state index in [9.17, 15) is 0 Å². The van der Waals surface area contributed by atoms with E-state index in [1.54, 1.807) is 0 Å². The fourth-order valence-electron chi connectivity index (χ4n) is 2.84. The maximum Gasteiger partial charge on any atom is 0.318 e. The average Bonchev–Trinajstić information content (AvgIpc) is 3.01. The van der Waals surface area contributed by atoms with Crippen LogP contribution >= 0.6 is 11.6 Å². The van der Waals surface area contributed by atoms with Crippen LogP contribution in [0.2, 0.25) is 5.02 Å². The molecule has 1 aromatic carbocycles. The fraction of sp³-hybridized carbons (Fsp3) is 0.467. The Morgan fingerprint density at radius 3 is 2.75 bits per heavy atom. The lowest BCUT2D eigenvalue weighted by Crippen LogP contribution is -2.19. The summed E-state index contributed by atoms with van der Waals surface area (Å²) in [4.78, 5) is 2.17. The molecule has 1 aliphatic heterocycles. The molecular weight excluding hydrogens is 274 g/mol. The lowest BCUT2D eigenvalue weighted by molar-refractivity contribution is 0.491. The molecule has 104 valence electrons. The molecule has 2 aromatic rings. The molecule has 1 aliphatic carbocycles. The normalized spacial score (nSPS) is 22.4. The van der Waals surface area contributed by atoms with E-state index in [2.05, 4.69) is 21.2 Å². The largest absolute Gasteiger partial charge is 0.408 e. The SMILES string of the molecule is Clc1ccccc1[C@H]1CCN(c2nnc(C3CC3)o2)C1. The summed E-state index contributed by atoms with van der Waals surface area (Å²) in [5, 5.41) is 9.19. The minimum absolute atomic E-state index is 0.444. The highest BCUT2D eigenvalue weighted by Gasteiger charge is 2.32. The summed E-state index contributed by atoms with van der Waals surface area (Å²) < 4.78 is 5.78. The maximum atomic E-state index is 6.28. The van der Waals surface area contributed by atoms with Crippen LogP contribution in [0.4, 0.5) is 6.01 Å². The molecule has 0 spiro atoms. The Morgan fingerprint density at radius 1 is 1.10 bits per heavy atom. The Hall–Kier alpha value is -1.55. The van der Waals surface area contributed by atoms with Gasteiger partial charge in [0.15, 0.2) is 0 Å². The van der Waals surface area contributed by atoms with Gasteiger partial charge in [-0.15, -0.1) is 5.10 Å². The van der Waals surface area contributed by atoms with Crippen LogP contribution in [-0.4, -0.2) is 23.3 Å². The van der Waals surface area contributed by atoms with E-state index >= 15 is 0 Å². The summed E-state index contributed by atoms with van der Waals surface area (Å²) in [6.07, 6.45) is 3.44. The second-order valence-corrected chi connectivity index (χ2v) is 6.06. The summed E-state index contributed by atoms with van der Waals surface area (Å²) in [6, 6.07) is 8.75. The highest BCUT2D eigenvalue weighted by Crippen LogP contribution is 2.40. The van der Waals surface area contributed by atoms with Crippen molar-refractivity contribution in [1.82, 2.24) is 10.2 Å². The molecule has 2 fully saturated rings. The maximum absolute atomic E-state index is 6.28. The zero-order valence-electron chi connectivity index (χ0n) is 11.1. The van der Waals surface area contributed by atoms with Gasteiger partial charge in [-0.1, -0.05) is 34.9 Å². The van der Waals surface area contributed by atoms with Crippen molar-refractivity contribution < 1.29 is 4.42 Å². The van der Waals surface area contributed by atoms with Crippen LogP contribution in [0.15, 0.2) is 28.7 Å². The predicted octanol–water partition coefficient (Wildman–Crippen LogP) is 3.59. The standard InChI is InChI=1S/C15H16ClN3O/c16-13-4-2-1-3-12(13)11-7-8-19(9-11)15-18-17-14(20-15)10-5-6-10/h1-4,10-11H,5-9H2/t11-/m0/s1. The fourth-order valence-corrected chi connectivity index (χ4v) is 3.13. The van der Waals surface area contributed by atoms with Gasteiger partial charge in [-0.25, -0.2) is 0 Å². The number of nitrogens with zero attached hydrogens (tertiary/aromatic N) is 3. The van der Waals surface area contributed by atoms with Crippen LogP contribution in [0.25, 0.3) is 0 Å². The van der Waals surface area contributed by atoms with Crippen LogP contribution < -0.4 is 4.90 Å². The van der Waals surface area contributed by atoms with Crippen molar-refractivity contribution in [2.24, 2.45) is 0 Å². The first-order valence-corrected chi connectivity index (χ1v) is 7.52. The predicted molar refractivity (Wildman–Crippen MR) is 77.3 cm³/mol. The summed E-state index contributed by atoms with van der Waals surface area (Å²) in [6.45, 7) is 1.85. The lowest BCUT2D eigenvalue weighted by atomic mass is 9.98. The van der Waals surface area contributed by atoms with Gasteiger partial charge in [0.25, 0.3) is 0 Å². The Labute approximate surface area is 122 Å². The minimum Gasteiger partial charge on any atom is -0.408 e. The van der Waals surface area contributed by atoms with E-state index in [-0.39, 0.29) is 0 Å². The third-order valence-corrected chi connectivity index (χ3v) is 4.50. The zero-order valence-corrected chi connectivity index (χ0v) is 11.9. The van der Waals surface area contributed by atoms with E-state index in [1.807, 2.05) is 18.2 Å². The van der Waals surface area contributed by atoms with Crippen molar-refractivity contribution in [1.29, 1.82) is 0 Å². The van der Waals surface area contributed by atoms with Gasteiger partial charge in [-0.05, 0) is 30.9 Å².